The Morgan fingerprint density at radius 2 is 1.20 bits per heavy atom. The molecule has 0 aromatic carbocycles. The maximum Gasteiger partial charge on any atom is 0.191 e. The van der Waals surface area contributed by atoms with Crippen molar-refractivity contribution in [1.82, 2.24) is 0 Å². The molecule has 0 aromatic heterocycles. The number of hydrogen-bond donors (Lipinski definition) is 0. The Hall–Kier alpha value is -0.920. The SMILES string of the molecule is C=[N+]([CH-]C(C)(C)C)CC(CC)(CC)[N+](=C)[CH-]C(C)(C)C. The quantitative estimate of drug-likeness (QED) is 0.371. The van der Waals surface area contributed by atoms with Gasteiger partial charge in [-0.15, -0.1) is 0 Å². The fourth-order valence-electron chi connectivity index (χ4n) is 2.55. The van der Waals surface area contributed by atoms with Gasteiger partial charge < -0.3 is 9.15 Å². The smallest absolute Gasteiger partial charge is 0.191 e. The highest BCUT2D eigenvalue weighted by Gasteiger charge is 2.38. The first-order valence-electron chi connectivity index (χ1n) is 7.74. The van der Waals surface area contributed by atoms with E-state index in [4.69, 9.17) is 0 Å². The lowest BCUT2D eigenvalue weighted by Gasteiger charge is -2.37. The summed E-state index contributed by atoms with van der Waals surface area (Å²) in [6, 6.07) is 0. The third kappa shape index (κ3) is 6.49. The van der Waals surface area contributed by atoms with E-state index in [0.29, 0.717) is 0 Å². The van der Waals surface area contributed by atoms with Gasteiger partial charge in [0.2, 0.25) is 0 Å². The molecule has 0 aromatic rings. The Morgan fingerprint density at radius 1 is 0.800 bits per heavy atom. The molecule has 0 rings (SSSR count). The van der Waals surface area contributed by atoms with E-state index in [0.717, 1.165) is 19.4 Å². The van der Waals surface area contributed by atoms with Crippen LogP contribution in [0.25, 0.3) is 0 Å². The molecule has 0 bridgehead atoms. The maximum absolute atomic E-state index is 4.30. The molecule has 0 saturated heterocycles. The molecule has 2 nitrogen and oxygen atoms in total. The summed E-state index contributed by atoms with van der Waals surface area (Å²) in [7, 11) is 0. The van der Waals surface area contributed by atoms with Gasteiger partial charge in [-0.2, -0.15) is 0 Å². The van der Waals surface area contributed by atoms with Crippen molar-refractivity contribution in [2.24, 2.45) is 10.8 Å². The fraction of sp³-hybridized carbons (Fsp3) is 0.778. The zero-order valence-corrected chi connectivity index (χ0v) is 15.1. The topological polar surface area (TPSA) is 6.02 Å². The van der Waals surface area contributed by atoms with E-state index >= 15 is 0 Å². The Labute approximate surface area is 127 Å². The summed E-state index contributed by atoms with van der Waals surface area (Å²) in [5, 5.41) is 0. The lowest BCUT2D eigenvalue weighted by atomic mass is 9.87. The van der Waals surface area contributed by atoms with Crippen LogP contribution in [0.2, 0.25) is 0 Å². The molecule has 0 aliphatic carbocycles. The Balaban J connectivity index is 5.02. The fourth-order valence-corrected chi connectivity index (χ4v) is 2.55. The highest BCUT2D eigenvalue weighted by molar-refractivity contribution is 5.18. The Morgan fingerprint density at radius 3 is 1.50 bits per heavy atom. The van der Waals surface area contributed by atoms with E-state index in [1.807, 2.05) is 0 Å². The van der Waals surface area contributed by atoms with Crippen LogP contribution in [0.4, 0.5) is 0 Å². The summed E-state index contributed by atoms with van der Waals surface area (Å²) in [4.78, 5) is 0. The molecule has 20 heavy (non-hydrogen) atoms. The standard InChI is InChI=1S/C18H36N2/c1-11-18(12-2,20(10)14-17(6,7)8)15-19(9)13-16(3,4)5/h13-14H,9-12,15H2,1-8H3. The van der Waals surface area contributed by atoms with E-state index in [2.05, 4.69) is 91.1 Å². The maximum atomic E-state index is 4.30. The number of nitrogens with zero attached hydrogens (tertiary/aromatic N) is 2. The molecular weight excluding hydrogens is 244 g/mol. The molecule has 0 amide bonds. The minimum atomic E-state index is 0.0385. The summed E-state index contributed by atoms with van der Waals surface area (Å²) < 4.78 is 4.25. The minimum absolute atomic E-state index is 0.0385. The molecule has 118 valence electrons. The van der Waals surface area contributed by atoms with Gasteiger partial charge in [-0.25, -0.2) is 0 Å². The van der Waals surface area contributed by atoms with E-state index in [9.17, 15) is 0 Å². The zero-order chi connectivity index (χ0) is 16.2. The molecule has 0 radical (unpaired) electrons. The van der Waals surface area contributed by atoms with Crippen LogP contribution in [-0.2, 0) is 0 Å². The third-order valence-corrected chi connectivity index (χ3v) is 3.54. The summed E-state index contributed by atoms with van der Waals surface area (Å²) in [5.74, 6) is 0. The normalized spacial score (nSPS) is 13.0. The van der Waals surface area contributed by atoms with E-state index in [-0.39, 0.29) is 16.4 Å². The van der Waals surface area contributed by atoms with Crippen LogP contribution in [0.15, 0.2) is 0 Å². The molecule has 0 heterocycles. The van der Waals surface area contributed by atoms with Crippen molar-refractivity contribution < 1.29 is 9.15 Å². The molecule has 0 unspecified atom stereocenters. The van der Waals surface area contributed by atoms with Crippen molar-refractivity contribution in [2.75, 3.05) is 6.54 Å². The van der Waals surface area contributed by atoms with Gasteiger partial charge >= 0.3 is 0 Å². The Kier molecular flexibility index (Phi) is 6.38. The summed E-state index contributed by atoms with van der Waals surface area (Å²) in [6.45, 7) is 31.6. The van der Waals surface area contributed by atoms with Crippen LogP contribution in [0.3, 0.4) is 0 Å². The molecule has 0 aliphatic heterocycles. The molecule has 0 saturated carbocycles. The van der Waals surface area contributed by atoms with Gasteiger partial charge in [0.1, 0.15) is 0 Å². The summed E-state index contributed by atoms with van der Waals surface area (Å²) in [6.07, 6.45) is 2.12. The van der Waals surface area contributed by atoms with Crippen LogP contribution in [0.1, 0.15) is 68.2 Å². The first-order valence-corrected chi connectivity index (χ1v) is 7.74. The average molecular weight is 280 g/mol. The summed E-state index contributed by atoms with van der Waals surface area (Å²) in [5.41, 5.74) is 0.322. The van der Waals surface area contributed by atoms with Gasteiger partial charge in [0.25, 0.3) is 0 Å². The van der Waals surface area contributed by atoms with Gasteiger partial charge in [0, 0.05) is 25.9 Å². The van der Waals surface area contributed by atoms with Crippen molar-refractivity contribution in [3.63, 3.8) is 0 Å². The monoisotopic (exact) mass is 280 g/mol. The Bertz CT molecular complexity index is 335. The van der Waals surface area contributed by atoms with Crippen LogP contribution >= 0.6 is 0 Å². The lowest BCUT2D eigenvalue weighted by molar-refractivity contribution is -0.633. The predicted octanol–water partition coefficient (Wildman–Crippen LogP) is 4.39. The molecule has 0 spiro atoms. The number of hydrogen-bond acceptors (Lipinski definition) is 0. The lowest BCUT2D eigenvalue weighted by Crippen LogP contribution is -2.48. The van der Waals surface area contributed by atoms with Crippen molar-refractivity contribution in [3.05, 3.63) is 13.1 Å². The van der Waals surface area contributed by atoms with Crippen molar-refractivity contribution in [2.45, 2.75) is 73.8 Å². The van der Waals surface area contributed by atoms with Gasteiger partial charge in [-0.3, -0.25) is 0 Å². The van der Waals surface area contributed by atoms with Gasteiger partial charge in [0.15, 0.2) is 12.1 Å². The van der Waals surface area contributed by atoms with E-state index < -0.39 is 0 Å². The molecule has 0 N–H and O–H groups in total. The van der Waals surface area contributed by atoms with Crippen molar-refractivity contribution in [1.29, 1.82) is 0 Å². The zero-order valence-electron chi connectivity index (χ0n) is 15.1. The number of rotatable bonds is 7. The first-order chi connectivity index (χ1) is 8.85. The molecular formula is C18H36N2. The molecule has 2 heteroatoms. The van der Waals surface area contributed by atoms with E-state index in [1.54, 1.807) is 0 Å². The second kappa shape index (κ2) is 6.69. The molecule has 0 aliphatic rings. The van der Waals surface area contributed by atoms with Crippen LogP contribution in [-0.4, -0.2) is 34.7 Å². The van der Waals surface area contributed by atoms with Gasteiger partial charge in [-0.1, -0.05) is 55.4 Å². The average Bonchev–Trinajstić information content (AvgIpc) is 2.20. The molecule has 0 fully saturated rings. The first kappa shape index (κ1) is 19.1. The van der Waals surface area contributed by atoms with Gasteiger partial charge in [0.05, 0.1) is 0 Å². The minimum Gasteiger partial charge on any atom is -0.366 e. The van der Waals surface area contributed by atoms with Crippen molar-refractivity contribution in [3.8, 4) is 0 Å². The second-order valence-electron chi connectivity index (χ2n) is 8.14. The summed E-state index contributed by atoms with van der Waals surface area (Å²) >= 11 is 0. The van der Waals surface area contributed by atoms with Crippen LogP contribution < -0.4 is 0 Å². The highest BCUT2D eigenvalue weighted by atomic mass is 15.1. The third-order valence-electron chi connectivity index (χ3n) is 3.54. The van der Waals surface area contributed by atoms with Crippen LogP contribution in [0, 0.1) is 23.9 Å². The largest absolute Gasteiger partial charge is 0.366 e. The predicted molar refractivity (Wildman–Crippen MR) is 90.5 cm³/mol. The molecule has 0 atom stereocenters. The van der Waals surface area contributed by atoms with Crippen molar-refractivity contribution >= 4 is 13.4 Å². The van der Waals surface area contributed by atoms with E-state index in [1.165, 1.54) is 0 Å². The van der Waals surface area contributed by atoms with Crippen LogP contribution in [0.5, 0.6) is 0 Å². The second-order valence-corrected chi connectivity index (χ2v) is 8.14. The van der Waals surface area contributed by atoms with Gasteiger partial charge in [-0.05, 0) is 24.3 Å². The highest BCUT2D eigenvalue weighted by Crippen LogP contribution is 2.28.